The molecule has 2 unspecified atom stereocenters. The molecule has 1 amide bonds. The lowest BCUT2D eigenvalue weighted by Crippen LogP contribution is -2.41. The Balaban J connectivity index is 1.24. The summed E-state index contributed by atoms with van der Waals surface area (Å²) in [6, 6.07) is 13.9. The number of nitrogens with zero attached hydrogens (tertiary/aromatic N) is 1. The van der Waals surface area contributed by atoms with Crippen LogP contribution < -0.4 is 4.74 Å². The normalized spacial score (nSPS) is 21.2. The van der Waals surface area contributed by atoms with Gasteiger partial charge in [0, 0.05) is 25.1 Å². The van der Waals surface area contributed by atoms with E-state index in [1.54, 1.807) is 0 Å². The van der Waals surface area contributed by atoms with Crippen LogP contribution in [0.3, 0.4) is 0 Å². The number of carbonyl (C=O) groups excluding carboxylic acids is 1. The highest BCUT2D eigenvalue weighted by molar-refractivity contribution is 7.91. The molecule has 0 N–H and O–H groups in total. The first-order valence-corrected chi connectivity index (χ1v) is 14.4. The molecule has 2 aromatic rings. The minimum atomic E-state index is -0.802. The van der Waals surface area contributed by atoms with Gasteiger partial charge >= 0.3 is 6.09 Å². The van der Waals surface area contributed by atoms with Crippen LogP contribution in [0.2, 0.25) is 5.02 Å². The number of aryl methyl sites for hydroxylation is 1. The SMILES string of the molecule is CC(C)(C)OC(=O)N1CCC(CCc2ccc(Oc3ccc(C4CCC[S+]4[O-])cc3Cl)cc2)CC1. The number of carbonyl (C=O) groups is 1. The molecule has 2 aliphatic heterocycles. The minimum Gasteiger partial charge on any atom is -0.616 e. The van der Waals surface area contributed by atoms with Crippen LogP contribution in [0.5, 0.6) is 11.5 Å². The van der Waals surface area contributed by atoms with E-state index in [4.69, 9.17) is 21.1 Å². The van der Waals surface area contributed by atoms with Crippen LogP contribution in [0, 0.1) is 5.92 Å². The zero-order valence-electron chi connectivity index (χ0n) is 20.9. The van der Waals surface area contributed by atoms with Gasteiger partial charge in [-0.25, -0.2) is 4.79 Å². The van der Waals surface area contributed by atoms with E-state index < -0.39 is 16.8 Å². The van der Waals surface area contributed by atoms with Crippen LogP contribution >= 0.6 is 11.6 Å². The second-order valence-electron chi connectivity index (χ2n) is 10.6. The summed E-state index contributed by atoms with van der Waals surface area (Å²) in [5.41, 5.74) is 1.86. The van der Waals surface area contributed by atoms with Crippen LogP contribution in [0.1, 0.15) is 69.3 Å². The predicted molar refractivity (Wildman–Crippen MR) is 142 cm³/mol. The quantitative estimate of drug-likeness (QED) is 0.377. The largest absolute Gasteiger partial charge is 0.616 e. The molecule has 190 valence electrons. The molecule has 2 heterocycles. The highest BCUT2D eigenvalue weighted by Gasteiger charge is 2.31. The van der Waals surface area contributed by atoms with Crippen molar-refractivity contribution in [2.24, 2.45) is 5.92 Å². The van der Waals surface area contributed by atoms with Gasteiger partial charge in [-0.3, -0.25) is 0 Å². The summed E-state index contributed by atoms with van der Waals surface area (Å²) in [5, 5.41) is 0.638. The molecule has 0 bridgehead atoms. The average Bonchev–Trinajstić information content (AvgIpc) is 3.25. The van der Waals surface area contributed by atoms with Gasteiger partial charge in [0.2, 0.25) is 0 Å². The number of halogens is 1. The van der Waals surface area contributed by atoms with Crippen molar-refractivity contribution in [3.05, 3.63) is 58.6 Å². The average molecular weight is 518 g/mol. The first-order valence-electron chi connectivity index (χ1n) is 12.6. The zero-order chi connectivity index (χ0) is 25.0. The van der Waals surface area contributed by atoms with Gasteiger partial charge in [-0.1, -0.05) is 29.8 Å². The maximum Gasteiger partial charge on any atom is 0.410 e. The summed E-state index contributed by atoms with van der Waals surface area (Å²) in [6.07, 6.45) is 5.91. The Labute approximate surface area is 217 Å². The lowest BCUT2D eigenvalue weighted by molar-refractivity contribution is 0.0181. The molecule has 0 spiro atoms. The molecule has 2 saturated heterocycles. The lowest BCUT2D eigenvalue weighted by atomic mass is 9.90. The molecule has 2 atom stereocenters. The van der Waals surface area contributed by atoms with Crippen LogP contribution in [-0.2, 0) is 22.3 Å². The van der Waals surface area contributed by atoms with Gasteiger partial charge in [0.25, 0.3) is 0 Å². The maximum absolute atomic E-state index is 12.2. The molecule has 2 aliphatic rings. The van der Waals surface area contributed by atoms with Gasteiger partial charge in [-0.2, -0.15) is 0 Å². The molecule has 0 aromatic heterocycles. The molecular weight excluding hydrogens is 482 g/mol. The van der Waals surface area contributed by atoms with Crippen molar-refractivity contribution >= 4 is 28.9 Å². The second-order valence-corrected chi connectivity index (χ2v) is 12.7. The standard InChI is InChI=1S/C28H36ClNO4S/c1-28(2,3)34-27(31)30-16-14-21(15-17-30)7-6-20-8-11-23(12-9-20)33-25-13-10-22(19-24(25)29)26-5-4-18-35(26)32/h8-13,19,21,26H,4-7,14-18H2,1-3H3. The fourth-order valence-electron chi connectivity index (χ4n) is 4.76. The van der Waals surface area contributed by atoms with Gasteiger partial charge in [-0.15, -0.1) is 0 Å². The number of hydrogen-bond donors (Lipinski definition) is 0. The molecule has 2 aromatic carbocycles. The van der Waals surface area contributed by atoms with E-state index >= 15 is 0 Å². The third-order valence-corrected chi connectivity index (χ3v) is 8.84. The first kappa shape index (κ1) is 26.2. The highest BCUT2D eigenvalue weighted by Crippen LogP contribution is 2.38. The van der Waals surface area contributed by atoms with Crippen LogP contribution in [0.4, 0.5) is 4.79 Å². The van der Waals surface area contributed by atoms with Gasteiger partial charge in [0.05, 0.1) is 5.02 Å². The zero-order valence-corrected chi connectivity index (χ0v) is 22.5. The molecule has 4 rings (SSSR count). The van der Waals surface area contributed by atoms with Gasteiger partial charge < -0.3 is 18.9 Å². The van der Waals surface area contributed by atoms with E-state index in [9.17, 15) is 9.35 Å². The lowest BCUT2D eigenvalue weighted by Gasteiger charge is -2.33. The maximum atomic E-state index is 12.2. The first-order chi connectivity index (χ1) is 16.7. The van der Waals surface area contributed by atoms with Crippen molar-refractivity contribution in [2.75, 3.05) is 18.8 Å². The van der Waals surface area contributed by atoms with E-state index in [0.717, 1.165) is 68.7 Å². The Hall–Kier alpha value is -1.89. The van der Waals surface area contributed by atoms with Gasteiger partial charge in [0.1, 0.15) is 28.1 Å². The van der Waals surface area contributed by atoms with E-state index in [1.165, 1.54) is 5.56 Å². The molecule has 2 fully saturated rings. The second kappa shape index (κ2) is 11.4. The number of benzene rings is 2. The van der Waals surface area contributed by atoms with E-state index in [0.29, 0.717) is 16.7 Å². The summed E-state index contributed by atoms with van der Waals surface area (Å²) in [4.78, 5) is 14.1. The van der Waals surface area contributed by atoms with E-state index in [2.05, 4.69) is 12.1 Å². The Morgan fingerprint density at radius 2 is 1.83 bits per heavy atom. The van der Waals surface area contributed by atoms with Gasteiger partial charge in [0.15, 0.2) is 0 Å². The van der Waals surface area contributed by atoms with Crippen LogP contribution in [0.25, 0.3) is 0 Å². The molecular formula is C28H36ClNO4S. The summed E-state index contributed by atoms with van der Waals surface area (Å²) < 4.78 is 23.7. The summed E-state index contributed by atoms with van der Waals surface area (Å²) >= 11 is 5.68. The number of piperidine rings is 1. The minimum absolute atomic E-state index is 0.0883. The smallest absolute Gasteiger partial charge is 0.410 e. The molecule has 7 heteroatoms. The predicted octanol–water partition coefficient (Wildman–Crippen LogP) is 7.30. The third-order valence-electron chi connectivity index (χ3n) is 6.72. The van der Waals surface area contributed by atoms with Crippen molar-refractivity contribution < 1.29 is 18.8 Å². The number of ether oxygens (including phenoxy) is 2. The Bertz CT molecular complexity index is 999. The Morgan fingerprint density at radius 3 is 2.43 bits per heavy atom. The fraction of sp³-hybridized carbons (Fsp3) is 0.536. The fourth-order valence-corrected chi connectivity index (χ4v) is 6.60. The number of amides is 1. The molecule has 5 nitrogen and oxygen atoms in total. The van der Waals surface area contributed by atoms with Crippen LogP contribution in [0.15, 0.2) is 42.5 Å². The van der Waals surface area contributed by atoms with Gasteiger partial charge in [-0.05, 0) is 99.8 Å². The van der Waals surface area contributed by atoms with E-state index in [-0.39, 0.29) is 11.3 Å². The number of hydrogen-bond acceptors (Lipinski definition) is 4. The van der Waals surface area contributed by atoms with Crippen molar-refractivity contribution in [2.45, 2.75) is 70.1 Å². The van der Waals surface area contributed by atoms with Crippen molar-refractivity contribution in [1.82, 2.24) is 4.90 Å². The third kappa shape index (κ3) is 7.31. The van der Waals surface area contributed by atoms with Crippen molar-refractivity contribution in [3.8, 4) is 11.5 Å². The van der Waals surface area contributed by atoms with Crippen molar-refractivity contribution in [3.63, 3.8) is 0 Å². The Kier molecular flexibility index (Phi) is 8.56. The molecule has 35 heavy (non-hydrogen) atoms. The van der Waals surface area contributed by atoms with Crippen LogP contribution in [-0.4, -0.2) is 40.0 Å². The summed E-state index contributed by atoms with van der Waals surface area (Å²) in [5.74, 6) is 2.76. The molecule has 0 saturated carbocycles. The molecule has 0 radical (unpaired) electrons. The topological polar surface area (TPSA) is 61.8 Å². The monoisotopic (exact) mass is 517 g/mol. The summed E-state index contributed by atoms with van der Waals surface area (Å²) in [7, 11) is 0. The van der Waals surface area contributed by atoms with E-state index in [1.807, 2.05) is 56.0 Å². The molecule has 0 aliphatic carbocycles. The summed E-state index contributed by atoms with van der Waals surface area (Å²) in [6.45, 7) is 7.24. The number of likely N-dealkylation sites (tertiary alicyclic amines) is 1. The van der Waals surface area contributed by atoms with Crippen molar-refractivity contribution in [1.29, 1.82) is 0 Å². The highest BCUT2D eigenvalue weighted by atomic mass is 35.5. The number of rotatable bonds is 6. The Morgan fingerprint density at radius 1 is 1.11 bits per heavy atom.